The first-order valence-corrected chi connectivity index (χ1v) is 14.7. The maximum absolute atomic E-state index is 13.5. The Balaban J connectivity index is 1.42. The number of nitrogens with zero attached hydrogens (tertiary/aromatic N) is 3. The third kappa shape index (κ3) is 8.62. The van der Waals surface area contributed by atoms with Crippen molar-refractivity contribution in [1.29, 1.82) is 0 Å². The van der Waals surface area contributed by atoms with E-state index in [9.17, 15) is 31.1 Å². The summed E-state index contributed by atoms with van der Waals surface area (Å²) in [4.78, 5) is 21.2. The maximum atomic E-state index is 13.5. The summed E-state index contributed by atoms with van der Waals surface area (Å²) in [6, 6.07) is 15.5. The van der Waals surface area contributed by atoms with Gasteiger partial charge < -0.3 is 9.47 Å². The molecule has 4 rings (SSSR count). The molecule has 0 spiro atoms. The molecule has 1 aromatic heterocycles. The second kappa shape index (κ2) is 14.7. The van der Waals surface area contributed by atoms with E-state index in [4.69, 9.17) is 9.47 Å². The summed E-state index contributed by atoms with van der Waals surface area (Å²) < 4.78 is 91.5. The van der Waals surface area contributed by atoms with Crippen molar-refractivity contribution in [3.63, 3.8) is 0 Å². The van der Waals surface area contributed by atoms with Gasteiger partial charge in [0, 0.05) is 57.8 Å². The Labute approximate surface area is 258 Å². The molecule has 2 heterocycles. The van der Waals surface area contributed by atoms with Gasteiger partial charge in [0.1, 0.15) is 6.61 Å². The van der Waals surface area contributed by atoms with E-state index in [0.29, 0.717) is 44.0 Å². The summed E-state index contributed by atoms with van der Waals surface area (Å²) in [6.45, 7) is 6.54. The van der Waals surface area contributed by atoms with E-state index < -0.39 is 23.3 Å². The van der Waals surface area contributed by atoms with Crippen molar-refractivity contribution in [3.8, 4) is 11.1 Å². The van der Waals surface area contributed by atoms with Gasteiger partial charge in [0.25, 0.3) is 0 Å². The number of alkyl halides is 6. The molecule has 0 aliphatic carbocycles. The number of halogens is 6. The molecule has 12 heteroatoms. The normalized spacial score (nSPS) is 16.9. The number of pyridine rings is 1. The molecule has 1 aliphatic rings. The molecule has 0 saturated carbocycles. The number of carbonyl (C=O) groups excluding carboxylic acids is 1. The van der Waals surface area contributed by atoms with E-state index in [1.807, 2.05) is 31.2 Å². The first-order valence-electron chi connectivity index (χ1n) is 14.7. The van der Waals surface area contributed by atoms with E-state index >= 15 is 0 Å². The SMILES string of the molecule is CCOCCOC(=O)C[C@H]1CN(Cc2ccc(-c3ccc(C(C)(C(F)(F)F)C(F)(F)F)cc3)cc2)CCN1Cc1ccncc1. The third-order valence-electron chi connectivity index (χ3n) is 8.21. The highest BCUT2D eigenvalue weighted by Crippen LogP contribution is 2.51. The van der Waals surface area contributed by atoms with Crippen LogP contribution in [0.25, 0.3) is 11.1 Å². The van der Waals surface area contributed by atoms with Gasteiger partial charge >= 0.3 is 18.3 Å². The van der Waals surface area contributed by atoms with Crippen LogP contribution in [-0.4, -0.2) is 78.6 Å². The minimum absolute atomic E-state index is 0.0802. The zero-order chi connectivity index (χ0) is 32.7. The zero-order valence-corrected chi connectivity index (χ0v) is 25.2. The van der Waals surface area contributed by atoms with Crippen LogP contribution in [0.3, 0.4) is 0 Å². The van der Waals surface area contributed by atoms with E-state index in [2.05, 4.69) is 14.8 Å². The minimum atomic E-state index is -5.50. The average Bonchev–Trinajstić information content (AvgIpc) is 3.00. The third-order valence-corrected chi connectivity index (χ3v) is 8.21. The minimum Gasteiger partial charge on any atom is -0.463 e. The number of hydrogen-bond acceptors (Lipinski definition) is 6. The Bertz CT molecular complexity index is 1350. The smallest absolute Gasteiger partial charge is 0.406 e. The number of rotatable bonds is 12. The van der Waals surface area contributed by atoms with E-state index in [-0.39, 0.29) is 32.0 Å². The number of esters is 1. The van der Waals surface area contributed by atoms with Crippen LogP contribution in [0.5, 0.6) is 0 Å². The summed E-state index contributed by atoms with van der Waals surface area (Å²) >= 11 is 0. The predicted octanol–water partition coefficient (Wildman–Crippen LogP) is 6.79. The highest BCUT2D eigenvalue weighted by atomic mass is 19.4. The van der Waals surface area contributed by atoms with Gasteiger partial charge in [0.2, 0.25) is 0 Å². The van der Waals surface area contributed by atoms with Crippen LogP contribution in [0.1, 0.15) is 37.0 Å². The molecule has 1 saturated heterocycles. The Morgan fingerprint density at radius 1 is 0.822 bits per heavy atom. The highest BCUT2D eigenvalue weighted by Gasteiger charge is 2.68. The fraction of sp³-hybridized carbons (Fsp3) is 0.455. The lowest BCUT2D eigenvalue weighted by Crippen LogP contribution is -2.53. The summed E-state index contributed by atoms with van der Waals surface area (Å²) in [5.41, 5.74) is -1.58. The van der Waals surface area contributed by atoms with Crippen molar-refractivity contribution >= 4 is 5.97 Å². The summed E-state index contributed by atoms with van der Waals surface area (Å²) in [6.07, 6.45) is -7.29. The van der Waals surface area contributed by atoms with Crippen LogP contribution in [-0.2, 0) is 32.8 Å². The van der Waals surface area contributed by atoms with Crippen molar-refractivity contribution in [2.45, 2.75) is 57.2 Å². The zero-order valence-electron chi connectivity index (χ0n) is 25.2. The van der Waals surface area contributed by atoms with Crippen LogP contribution >= 0.6 is 0 Å². The standard InChI is InChI=1S/C33H37F6N3O3/c1-3-44-18-19-45-30(43)20-29-23-41(16-17-42(29)22-25-12-14-40-15-13-25)21-24-4-6-26(7-5-24)27-8-10-28(11-9-27)31(2,32(34,35)36)33(37,38)39/h4-15,29H,3,16-23H2,1-2H3/t29-/m0/s1. The number of hydrogen-bond donors (Lipinski definition) is 0. The van der Waals surface area contributed by atoms with Gasteiger partial charge in [-0.1, -0.05) is 48.5 Å². The average molecular weight is 638 g/mol. The molecular formula is C33H37F6N3O3. The highest BCUT2D eigenvalue weighted by molar-refractivity contribution is 5.70. The number of aromatic nitrogens is 1. The van der Waals surface area contributed by atoms with Crippen molar-refractivity contribution in [2.75, 3.05) is 39.5 Å². The largest absolute Gasteiger partial charge is 0.463 e. The molecule has 45 heavy (non-hydrogen) atoms. The molecule has 244 valence electrons. The van der Waals surface area contributed by atoms with Crippen LogP contribution in [0, 0.1) is 0 Å². The molecule has 0 radical (unpaired) electrons. The lowest BCUT2D eigenvalue weighted by atomic mass is 9.80. The lowest BCUT2D eigenvalue weighted by Gasteiger charge is -2.41. The molecule has 6 nitrogen and oxygen atoms in total. The number of carbonyl (C=O) groups is 1. The topological polar surface area (TPSA) is 54.9 Å². The monoisotopic (exact) mass is 637 g/mol. The quantitative estimate of drug-likeness (QED) is 0.124. The van der Waals surface area contributed by atoms with Crippen LogP contribution < -0.4 is 0 Å². The van der Waals surface area contributed by atoms with Crippen molar-refractivity contribution in [3.05, 3.63) is 89.7 Å². The number of ether oxygens (including phenoxy) is 2. The van der Waals surface area contributed by atoms with E-state index in [0.717, 1.165) is 36.3 Å². The summed E-state index contributed by atoms with van der Waals surface area (Å²) in [5, 5.41) is 0. The second-order valence-electron chi connectivity index (χ2n) is 11.2. The van der Waals surface area contributed by atoms with Crippen LogP contribution in [0.4, 0.5) is 26.3 Å². The molecule has 3 aromatic rings. The Morgan fingerprint density at radius 3 is 1.98 bits per heavy atom. The maximum Gasteiger partial charge on any atom is 0.406 e. The summed E-state index contributed by atoms with van der Waals surface area (Å²) in [5.74, 6) is -0.289. The molecule has 0 N–H and O–H groups in total. The van der Waals surface area contributed by atoms with Crippen LogP contribution in [0.2, 0.25) is 0 Å². The first kappa shape index (κ1) is 34.4. The van der Waals surface area contributed by atoms with E-state index in [1.54, 1.807) is 24.5 Å². The van der Waals surface area contributed by atoms with E-state index in [1.165, 1.54) is 12.1 Å². The fourth-order valence-corrected chi connectivity index (χ4v) is 5.38. The molecular weight excluding hydrogens is 600 g/mol. The summed E-state index contributed by atoms with van der Waals surface area (Å²) in [7, 11) is 0. The predicted molar refractivity (Wildman–Crippen MR) is 157 cm³/mol. The molecule has 1 atom stereocenters. The van der Waals surface area contributed by atoms with Crippen LogP contribution in [0.15, 0.2) is 73.1 Å². The first-order chi connectivity index (χ1) is 21.3. The Kier molecular flexibility index (Phi) is 11.3. The van der Waals surface area contributed by atoms with Gasteiger partial charge in [-0.05, 0) is 53.8 Å². The van der Waals surface area contributed by atoms with Gasteiger partial charge in [0.05, 0.1) is 13.0 Å². The molecule has 1 aliphatic heterocycles. The van der Waals surface area contributed by atoms with Gasteiger partial charge in [-0.25, -0.2) is 0 Å². The Morgan fingerprint density at radius 2 is 1.40 bits per heavy atom. The molecule has 1 fully saturated rings. The van der Waals surface area contributed by atoms with Gasteiger partial charge in [-0.3, -0.25) is 19.6 Å². The molecule has 2 aromatic carbocycles. The second-order valence-corrected chi connectivity index (χ2v) is 11.2. The number of piperazine rings is 1. The molecule has 0 bridgehead atoms. The van der Waals surface area contributed by atoms with Crippen molar-refractivity contribution in [2.24, 2.45) is 0 Å². The van der Waals surface area contributed by atoms with Gasteiger partial charge in [0.15, 0.2) is 5.41 Å². The molecule has 0 unspecified atom stereocenters. The van der Waals surface area contributed by atoms with Crippen molar-refractivity contribution in [1.82, 2.24) is 14.8 Å². The lowest BCUT2D eigenvalue weighted by molar-refractivity contribution is -0.297. The Hall–Kier alpha value is -3.48. The fourth-order valence-electron chi connectivity index (χ4n) is 5.38. The van der Waals surface area contributed by atoms with Gasteiger partial charge in [-0.2, -0.15) is 26.3 Å². The number of benzene rings is 2. The van der Waals surface area contributed by atoms with Gasteiger partial charge in [-0.15, -0.1) is 0 Å². The van der Waals surface area contributed by atoms with Crippen molar-refractivity contribution < 1.29 is 40.6 Å². The molecule has 0 amide bonds.